The second-order valence-electron chi connectivity index (χ2n) is 5.52. The Labute approximate surface area is 131 Å². The number of thiocarbonyl (C=S) groups is 1. The third-order valence-corrected chi connectivity index (χ3v) is 4.58. The number of aliphatic hydroxyl groups is 1. The van der Waals surface area contributed by atoms with Crippen molar-refractivity contribution >= 4 is 28.2 Å². The van der Waals surface area contributed by atoms with Crippen molar-refractivity contribution in [2.24, 2.45) is 0 Å². The van der Waals surface area contributed by atoms with E-state index in [0.717, 1.165) is 22.8 Å². The van der Waals surface area contributed by atoms with Crippen molar-refractivity contribution in [3.63, 3.8) is 0 Å². The minimum atomic E-state index is -0.603. The Morgan fingerprint density at radius 1 is 1.35 bits per heavy atom. The minimum absolute atomic E-state index is 0.376. The molecule has 0 spiro atoms. The van der Waals surface area contributed by atoms with E-state index < -0.39 is 6.23 Å². The lowest BCUT2D eigenvalue weighted by atomic mass is 10.2. The van der Waals surface area contributed by atoms with E-state index in [1.54, 1.807) is 0 Å². The Balaban J connectivity index is 2.53. The summed E-state index contributed by atoms with van der Waals surface area (Å²) in [6.07, 6.45) is -0.603. The summed E-state index contributed by atoms with van der Waals surface area (Å²) in [6, 6.07) is 9.91. The molecule has 0 aromatic heterocycles. The Bertz CT molecular complexity index is 421. The van der Waals surface area contributed by atoms with E-state index in [-0.39, 0.29) is 4.75 Å². The molecule has 0 bridgehead atoms. The third kappa shape index (κ3) is 5.89. The fraction of sp³-hybridized carbons (Fsp3) is 0.533. The molecule has 0 saturated heterocycles. The highest BCUT2D eigenvalue weighted by molar-refractivity contribution is 8.24. The highest BCUT2D eigenvalue weighted by Crippen LogP contribution is 2.31. The van der Waals surface area contributed by atoms with Crippen molar-refractivity contribution in [1.29, 1.82) is 0 Å². The van der Waals surface area contributed by atoms with E-state index in [1.807, 2.05) is 58.3 Å². The number of benzene rings is 1. The summed E-state index contributed by atoms with van der Waals surface area (Å²) in [5.74, 6) is 0. The second-order valence-corrected chi connectivity index (χ2v) is 7.85. The van der Waals surface area contributed by atoms with Crippen LogP contribution >= 0.6 is 24.0 Å². The summed E-state index contributed by atoms with van der Waals surface area (Å²) in [6.45, 7) is 5.64. The first-order valence-corrected chi connectivity index (χ1v) is 7.90. The van der Waals surface area contributed by atoms with Crippen LogP contribution in [0.4, 0.5) is 0 Å². The zero-order valence-electron chi connectivity index (χ0n) is 12.6. The maximum atomic E-state index is 10.3. The van der Waals surface area contributed by atoms with Crippen molar-refractivity contribution < 1.29 is 5.11 Å². The topological polar surface area (TPSA) is 35.5 Å². The zero-order valence-corrected chi connectivity index (χ0v) is 14.2. The smallest absolute Gasteiger partial charge is 0.119 e. The summed E-state index contributed by atoms with van der Waals surface area (Å²) in [7, 11) is 4.02. The monoisotopic (exact) mass is 312 g/mol. The minimum Gasteiger partial charge on any atom is -0.377 e. The number of nitrogens with zero attached hydrogens (tertiary/aromatic N) is 1. The maximum absolute atomic E-state index is 10.3. The van der Waals surface area contributed by atoms with Gasteiger partial charge in [-0.3, -0.25) is 5.32 Å². The molecule has 0 heterocycles. The molecule has 1 aromatic rings. The molecule has 112 valence electrons. The first-order chi connectivity index (χ1) is 9.33. The van der Waals surface area contributed by atoms with Gasteiger partial charge < -0.3 is 10.0 Å². The lowest BCUT2D eigenvalue weighted by Crippen LogP contribution is -2.47. The molecule has 0 aliphatic carbocycles. The largest absolute Gasteiger partial charge is 0.377 e. The summed E-state index contributed by atoms with van der Waals surface area (Å²) < 4.78 is 0.434. The van der Waals surface area contributed by atoms with Gasteiger partial charge in [-0.25, -0.2) is 0 Å². The van der Waals surface area contributed by atoms with Gasteiger partial charge in [0.2, 0.25) is 0 Å². The molecule has 5 heteroatoms. The Morgan fingerprint density at radius 3 is 2.50 bits per heavy atom. The van der Waals surface area contributed by atoms with E-state index in [0.29, 0.717) is 0 Å². The third-order valence-electron chi connectivity index (χ3n) is 2.92. The van der Waals surface area contributed by atoms with Gasteiger partial charge in [0.1, 0.15) is 6.23 Å². The van der Waals surface area contributed by atoms with Gasteiger partial charge in [-0.05, 0) is 33.5 Å². The van der Waals surface area contributed by atoms with Gasteiger partial charge in [0.15, 0.2) is 0 Å². The van der Waals surface area contributed by atoms with Crippen LogP contribution in [0.2, 0.25) is 0 Å². The maximum Gasteiger partial charge on any atom is 0.119 e. The molecule has 0 amide bonds. The van der Waals surface area contributed by atoms with Crippen LogP contribution in [-0.2, 0) is 0 Å². The fourth-order valence-electron chi connectivity index (χ4n) is 1.60. The quantitative estimate of drug-likeness (QED) is 0.597. The van der Waals surface area contributed by atoms with Crippen LogP contribution in [0.15, 0.2) is 30.3 Å². The molecule has 0 fully saturated rings. The van der Waals surface area contributed by atoms with Crippen molar-refractivity contribution in [3.8, 4) is 0 Å². The average molecular weight is 313 g/mol. The molecule has 0 radical (unpaired) electrons. The molecule has 20 heavy (non-hydrogen) atoms. The molecule has 1 aromatic carbocycles. The summed E-state index contributed by atoms with van der Waals surface area (Å²) in [4.78, 5) is 2.08. The Hall–Kier alpha value is -0.460. The molecular weight excluding hydrogens is 288 g/mol. The van der Waals surface area contributed by atoms with Crippen LogP contribution in [0.1, 0.15) is 19.4 Å². The molecule has 1 unspecified atom stereocenters. The van der Waals surface area contributed by atoms with Crippen LogP contribution in [0.3, 0.4) is 0 Å². The highest BCUT2D eigenvalue weighted by Gasteiger charge is 2.30. The van der Waals surface area contributed by atoms with E-state index in [2.05, 4.69) is 10.2 Å². The lowest BCUT2D eigenvalue weighted by molar-refractivity contribution is 0.105. The van der Waals surface area contributed by atoms with Crippen LogP contribution in [-0.4, -0.2) is 52.4 Å². The van der Waals surface area contributed by atoms with Gasteiger partial charge in [0.05, 0.1) is 8.94 Å². The van der Waals surface area contributed by atoms with Gasteiger partial charge in [-0.2, -0.15) is 0 Å². The Kier molecular flexibility index (Phi) is 7.12. The van der Waals surface area contributed by atoms with Gasteiger partial charge >= 0.3 is 0 Å². The van der Waals surface area contributed by atoms with E-state index in [4.69, 9.17) is 12.2 Å². The lowest BCUT2D eigenvalue weighted by Gasteiger charge is -2.31. The number of rotatable bonds is 7. The summed E-state index contributed by atoms with van der Waals surface area (Å²) in [5, 5.41) is 13.4. The average Bonchev–Trinajstić information content (AvgIpc) is 2.38. The summed E-state index contributed by atoms with van der Waals surface area (Å²) >= 11 is 6.99. The zero-order chi connectivity index (χ0) is 15.2. The molecule has 0 aliphatic rings. The number of aliphatic hydroxyl groups excluding tert-OH is 1. The van der Waals surface area contributed by atoms with E-state index >= 15 is 0 Å². The van der Waals surface area contributed by atoms with E-state index in [9.17, 15) is 5.11 Å². The van der Waals surface area contributed by atoms with Crippen molar-refractivity contribution in [3.05, 3.63) is 35.9 Å². The number of likely N-dealkylation sites (N-methyl/N-ethyl adjacent to an activating group) is 1. The molecular formula is C15H24N2OS2. The molecule has 3 nitrogen and oxygen atoms in total. The molecule has 1 atom stereocenters. The first kappa shape index (κ1) is 17.6. The van der Waals surface area contributed by atoms with Crippen molar-refractivity contribution in [2.75, 3.05) is 27.2 Å². The van der Waals surface area contributed by atoms with Crippen molar-refractivity contribution in [1.82, 2.24) is 10.2 Å². The second kappa shape index (κ2) is 8.10. The Morgan fingerprint density at radius 2 is 1.95 bits per heavy atom. The predicted octanol–water partition coefficient (Wildman–Crippen LogP) is 2.34. The van der Waals surface area contributed by atoms with Gasteiger partial charge in [-0.1, -0.05) is 42.5 Å². The van der Waals surface area contributed by atoms with Crippen LogP contribution in [0.25, 0.3) is 0 Å². The van der Waals surface area contributed by atoms with Gasteiger partial charge in [0.25, 0.3) is 0 Å². The van der Waals surface area contributed by atoms with Crippen LogP contribution in [0, 0.1) is 0 Å². The van der Waals surface area contributed by atoms with Gasteiger partial charge in [-0.15, -0.1) is 11.8 Å². The van der Waals surface area contributed by atoms with Gasteiger partial charge in [0, 0.05) is 13.1 Å². The first-order valence-electron chi connectivity index (χ1n) is 6.67. The number of hydrogen-bond donors (Lipinski definition) is 2. The van der Waals surface area contributed by atoms with E-state index in [1.165, 1.54) is 11.8 Å². The van der Waals surface area contributed by atoms with Crippen LogP contribution < -0.4 is 5.32 Å². The fourth-order valence-corrected chi connectivity index (χ4v) is 3.31. The summed E-state index contributed by atoms with van der Waals surface area (Å²) in [5.41, 5.74) is 1.03. The number of hydrogen-bond acceptors (Lipinski definition) is 5. The molecule has 2 N–H and O–H groups in total. The number of thioether (sulfide) groups is 1. The highest BCUT2D eigenvalue weighted by atomic mass is 32.2. The standard InChI is InChI=1S/C15H24N2OS2/c1-15(2,14(18)16-10-11-17(3)4)20-13(19)12-8-6-5-7-9-12/h5-9,14,16,18H,10-11H2,1-4H3. The normalized spacial score (nSPS) is 13.5. The van der Waals surface area contributed by atoms with Crippen LogP contribution in [0.5, 0.6) is 0 Å². The molecule has 0 saturated carbocycles. The molecule has 1 rings (SSSR count). The molecule has 0 aliphatic heterocycles. The number of nitrogens with one attached hydrogen (secondary N) is 1. The van der Waals surface area contributed by atoms with Crippen molar-refractivity contribution in [2.45, 2.75) is 24.8 Å². The predicted molar refractivity (Wildman–Crippen MR) is 92.4 cm³/mol. The SMILES string of the molecule is CN(C)CCNC(O)C(C)(C)SC(=S)c1ccccc1.